The highest BCUT2D eigenvalue weighted by atomic mass is 32.2. The van der Waals surface area contributed by atoms with Crippen molar-refractivity contribution in [3.8, 4) is 23.0 Å². The van der Waals surface area contributed by atoms with Gasteiger partial charge in [-0.3, -0.25) is 4.31 Å². The third-order valence-electron chi connectivity index (χ3n) is 5.87. The molecule has 5 rings (SSSR count). The molecule has 39 heavy (non-hydrogen) atoms. The third-order valence-corrected chi connectivity index (χ3v) is 8.78. The molecule has 3 aromatic carbocycles. The number of hydrogen-bond donors (Lipinski definition) is 2. The van der Waals surface area contributed by atoms with E-state index in [-0.39, 0.29) is 33.5 Å². The Labute approximate surface area is 227 Å². The summed E-state index contributed by atoms with van der Waals surface area (Å²) in [6.45, 7) is -1.07. The predicted octanol–water partition coefficient (Wildman–Crippen LogP) is 3.64. The fraction of sp³-hybridized carbons (Fsp3) is 0.154. The number of ether oxygens (including phenoxy) is 4. The molecule has 0 bridgehead atoms. The van der Waals surface area contributed by atoms with Crippen LogP contribution in [0.2, 0.25) is 0 Å². The van der Waals surface area contributed by atoms with Crippen LogP contribution in [-0.4, -0.2) is 55.4 Å². The van der Waals surface area contributed by atoms with Gasteiger partial charge in [0, 0.05) is 22.1 Å². The molecular weight excluding hydrogens is 550 g/mol. The average molecular weight is 572 g/mol. The van der Waals surface area contributed by atoms with Crippen LogP contribution in [0.15, 0.2) is 76.2 Å². The molecular formula is C26H21NO10S2. The molecule has 0 saturated carbocycles. The SMILES string of the molecule is COc1ccc(CN2C(C(=O)O)=C(Sc3ccc4c(c3)OCO4)c3ccccc3S2(=O)=O)c(OCC(=O)O)c1. The molecule has 0 aromatic heterocycles. The molecule has 0 fully saturated rings. The number of methoxy groups -OCH3 is 1. The highest BCUT2D eigenvalue weighted by molar-refractivity contribution is 8.08. The van der Waals surface area contributed by atoms with E-state index >= 15 is 0 Å². The molecule has 2 aliphatic rings. The average Bonchev–Trinajstić information content (AvgIpc) is 3.38. The second kappa shape index (κ2) is 10.4. The number of hydrogen-bond acceptors (Lipinski definition) is 9. The van der Waals surface area contributed by atoms with Gasteiger partial charge in [0.15, 0.2) is 23.8 Å². The first-order valence-electron chi connectivity index (χ1n) is 11.4. The number of carboxylic acids is 2. The van der Waals surface area contributed by atoms with E-state index in [0.29, 0.717) is 22.1 Å². The van der Waals surface area contributed by atoms with Crippen molar-refractivity contribution in [2.24, 2.45) is 0 Å². The van der Waals surface area contributed by atoms with Crippen LogP contribution in [0.4, 0.5) is 0 Å². The van der Waals surface area contributed by atoms with Crippen LogP contribution >= 0.6 is 11.8 Å². The fourth-order valence-electron chi connectivity index (χ4n) is 4.11. The third kappa shape index (κ3) is 5.05. The highest BCUT2D eigenvalue weighted by Crippen LogP contribution is 2.48. The zero-order chi connectivity index (χ0) is 27.7. The van der Waals surface area contributed by atoms with Crippen molar-refractivity contribution in [2.45, 2.75) is 16.3 Å². The summed E-state index contributed by atoms with van der Waals surface area (Å²) >= 11 is 1.08. The lowest BCUT2D eigenvalue weighted by atomic mass is 10.1. The van der Waals surface area contributed by atoms with E-state index in [1.54, 1.807) is 42.5 Å². The number of benzene rings is 3. The molecule has 0 saturated heterocycles. The van der Waals surface area contributed by atoms with E-state index in [1.807, 2.05) is 0 Å². The maximum Gasteiger partial charge on any atom is 0.354 e. The summed E-state index contributed by atoms with van der Waals surface area (Å²) in [6, 6.07) is 15.7. The van der Waals surface area contributed by atoms with Gasteiger partial charge in [0.05, 0.1) is 23.5 Å². The molecule has 11 nitrogen and oxygen atoms in total. The van der Waals surface area contributed by atoms with Gasteiger partial charge in [0.1, 0.15) is 11.5 Å². The molecule has 2 aliphatic heterocycles. The minimum Gasteiger partial charge on any atom is -0.497 e. The van der Waals surface area contributed by atoms with Crippen molar-refractivity contribution < 1.29 is 47.2 Å². The Morgan fingerprint density at radius 2 is 1.79 bits per heavy atom. The number of carboxylic acid groups (broad SMARTS) is 2. The number of rotatable bonds is 9. The Hall–Kier alpha value is -4.36. The van der Waals surface area contributed by atoms with Crippen molar-refractivity contribution in [1.82, 2.24) is 4.31 Å². The summed E-state index contributed by atoms with van der Waals surface area (Å²) in [6.07, 6.45) is 0. The minimum atomic E-state index is -4.34. The van der Waals surface area contributed by atoms with E-state index in [1.165, 1.54) is 25.3 Å². The molecule has 2 N–H and O–H groups in total. The summed E-state index contributed by atoms with van der Waals surface area (Å²) < 4.78 is 49.7. The maximum absolute atomic E-state index is 13.8. The van der Waals surface area contributed by atoms with Gasteiger partial charge in [-0.15, -0.1) is 0 Å². The predicted molar refractivity (Wildman–Crippen MR) is 138 cm³/mol. The first-order chi connectivity index (χ1) is 18.7. The largest absolute Gasteiger partial charge is 0.497 e. The Bertz CT molecular complexity index is 1620. The van der Waals surface area contributed by atoms with Gasteiger partial charge in [0.2, 0.25) is 6.79 Å². The van der Waals surface area contributed by atoms with Gasteiger partial charge < -0.3 is 29.2 Å². The lowest BCUT2D eigenvalue weighted by Crippen LogP contribution is -2.37. The molecule has 202 valence electrons. The quantitative estimate of drug-likeness (QED) is 0.388. The second-order valence-corrected chi connectivity index (χ2v) is 11.2. The summed E-state index contributed by atoms with van der Waals surface area (Å²) in [5.74, 6) is -1.27. The molecule has 0 unspecified atom stereocenters. The molecule has 2 heterocycles. The van der Waals surface area contributed by atoms with Gasteiger partial charge in [-0.05, 0) is 36.4 Å². The van der Waals surface area contributed by atoms with Gasteiger partial charge in [-0.2, -0.15) is 0 Å². The van der Waals surface area contributed by atoms with Gasteiger partial charge in [0.25, 0.3) is 10.0 Å². The van der Waals surface area contributed by atoms with Crippen LogP contribution < -0.4 is 18.9 Å². The molecule has 0 amide bonds. The first-order valence-corrected chi connectivity index (χ1v) is 13.6. The maximum atomic E-state index is 13.8. The van der Waals surface area contributed by atoms with Crippen molar-refractivity contribution in [2.75, 3.05) is 20.5 Å². The Morgan fingerprint density at radius 3 is 2.54 bits per heavy atom. The molecule has 0 radical (unpaired) electrons. The number of thioether (sulfide) groups is 1. The zero-order valence-electron chi connectivity index (χ0n) is 20.3. The first kappa shape index (κ1) is 26.3. The standard InChI is InChI=1S/C26H21NO10S2/c1-34-16-7-6-15(20(10-16)35-13-23(28)29)12-27-24(26(30)31)25(18-4-2-3-5-22(18)39(27,32)33)38-17-8-9-19-21(11-17)37-14-36-19/h2-11H,12-14H2,1H3,(H,28,29)(H,30,31). The summed E-state index contributed by atoms with van der Waals surface area (Å²) in [5, 5.41) is 19.4. The van der Waals surface area contributed by atoms with Crippen LogP contribution in [0.1, 0.15) is 11.1 Å². The fourth-order valence-corrected chi connectivity index (χ4v) is 7.01. The molecule has 13 heteroatoms. The Balaban J connectivity index is 1.64. The number of carbonyl (C=O) groups is 2. The molecule has 0 atom stereocenters. The Morgan fingerprint density at radius 1 is 1.03 bits per heavy atom. The van der Waals surface area contributed by atoms with Crippen LogP contribution in [0.5, 0.6) is 23.0 Å². The van der Waals surface area contributed by atoms with E-state index in [0.717, 1.165) is 16.1 Å². The van der Waals surface area contributed by atoms with Crippen LogP contribution in [0.25, 0.3) is 4.91 Å². The van der Waals surface area contributed by atoms with E-state index < -0.39 is 40.8 Å². The lowest BCUT2D eigenvalue weighted by Gasteiger charge is -2.32. The summed E-state index contributed by atoms with van der Waals surface area (Å²) in [5.41, 5.74) is 0.0217. The van der Waals surface area contributed by atoms with Crippen molar-refractivity contribution in [1.29, 1.82) is 0 Å². The second-order valence-electron chi connectivity index (χ2n) is 8.26. The summed E-state index contributed by atoms with van der Waals surface area (Å²) in [7, 11) is -2.93. The highest BCUT2D eigenvalue weighted by Gasteiger charge is 2.40. The van der Waals surface area contributed by atoms with Crippen LogP contribution in [0.3, 0.4) is 0 Å². The van der Waals surface area contributed by atoms with Crippen LogP contribution in [-0.2, 0) is 26.2 Å². The number of nitrogens with zero attached hydrogens (tertiary/aromatic N) is 1. The van der Waals surface area contributed by atoms with Gasteiger partial charge in [-0.1, -0.05) is 30.0 Å². The number of fused-ring (bicyclic) bond motifs is 2. The van der Waals surface area contributed by atoms with Crippen molar-refractivity contribution in [3.05, 3.63) is 77.5 Å². The van der Waals surface area contributed by atoms with E-state index in [9.17, 15) is 23.1 Å². The smallest absolute Gasteiger partial charge is 0.354 e. The van der Waals surface area contributed by atoms with Gasteiger partial charge in [-0.25, -0.2) is 18.0 Å². The monoisotopic (exact) mass is 571 g/mol. The van der Waals surface area contributed by atoms with Crippen molar-refractivity contribution >= 4 is 38.6 Å². The number of aliphatic carboxylic acids is 2. The summed E-state index contributed by atoms with van der Waals surface area (Å²) in [4.78, 5) is 24.6. The number of sulfonamides is 1. The zero-order valence-corrected chi connectivity index (χ0v) is 22.0. The van der Waals surface area contributed by atoms with Crippen LogP contribution in [0, 0.1) is 0 Å². The van der Waals surface area contributed by atoms with Crippen molar-refractivity contribution in [3.63, 3.8) is 0 Å². The van der Waals surface area contributed by atoms with Gasteiger partial charge >= 0.3 is 11.9 Å². The molecule has 0 spiro atoms. The normalized spacial score (nSPS) is 15.1. The van der Waals surface area contributed by atoms with E-state index in [2.05, 4.69) is 0 Å². The lowest BCUT2D eigenvalue weighted by molar-refractivity contribution is -0.139. The van der Waals surface area contributed by atoms with E-state index in [4.69, 9.17) is 24.1 Å². The minimum absolute atomic E-state index is 0.0421. The molecule has 3 aromatic rings. The molecule has 0 aliphatic carbocycles. The topological polar surface area (TPSA) is 149 Å². The Kier molecular flexibility index (Phi) is 7.02.